The van der Waals surface area contributed by atoms with Crippen LogP contribution in [0.25, 0.3) is 10.9 Å². The van der Waals surface area contributed by atoms with E-state index in [2.05, 4.69) is 29.7 Å². The maximum Gasteiger partial charge on any atom is 0.0863 e. The van der Waals surface area contributed by atoms with Crippen LogP contribution in [0.1, 0.15) is 11.3 Å². The van der Waals surface area contributed by atoms with Crippen molar-refractivity contribution in [3.8, 4) is 6.07 Å². The van der Waals surface area contributed by atoms with Crippen LogP contribution in [-0.4, -0.2) is 14.5 Å². The van der Waals surface area contributed by atoms with E-state index >= 15 is 0 Å². The average Bonchev–Trinajstić information content (AvgIpc) is 2.60. The van der Waals surface area contributed by atoms with Gasteiger partial charge in [-0.3, -0.25) is 0 Å². The lowest BCUT2D eigenvalue weighted by Crippen LogP contribution is -1.97. The lowest BCUT2D eigenvalue weighted by molar-refractivity contribution is 0.917. The van der Waals surface area contributed by atoms with E-state index < -0.39 is 0 Å². The minimum atomic E-state index is 0.404. The molecule has 2 aromatic rings. The van der Waals surface area contributed by atoms with E-state index in [9.17, 15) is 0 Å². The van der Waals surface area contributed by atoms with Gasteiger partial charge in [0.05, 0.1) is 16.0 Å². The molecule has 0 aliphatic heterocycles. The van der Waals surface area contributed by atoms with Gasteiger partial charge in [0.1, 0.15) is 0 Å². The molecular formula is C13H12N2S2. The van der Waals surface area contributed by atoms with E-state index in [1.807, 2.05) is 19.2 Å². The summed E-state index contributed by atoms with van der Waals surface area (Å²) in [5.74, 6) is 0.404. The molecule has 0 spiro atoms. The second-order valence-electron chi connectivity index (χ2n) is 3.77. The first-order valence-electron chi connectivity index (χ1n) is 5.25. The first-order chi connectivity index (χ1) is 8.16. The Morgan fingerprint density at radius 3 is 2.88 bits per heavy atom. The van der Waals surface area contributed by atoms with E-state index in [4.69, 9.17) is 17.5 Å². The number of nitrogens with zero attached hydrogens (tertiary/aromatic N) is 2. The van der Waals surface area contributed by atoms with Crippen LogP contribution in [0.4, 0.5) is 0 Å². The van der Waals surface area contributed by atoms with Crippen LogP contribution in [0.5, 0.6) is 0 Å². The van der Waals surface area contributed by atoms with Gasteiger partial charge in [0.25, 0.3) is 0 Å². The van der Waals surface area contributed by atoms with Gasteiger partial charge < -0.3 is 4.57 Å². The molecule has 2 rings (SSSR count). The van der Waals surface area contributed by atoms with Crippen LogP contribution >= 0.6 is 24.0 Å². The van der Waals surface area contributed by atoms with Crippen LogP contribution in [0.2, 0.25) is 0 Å². The molecule has 0 radical (unpaired) electrons. The number of thioether (sulfide) groups is 1. The Kier molecular flexibility index (Phi) is 3.51. The van der Waals surface area contributed by atoms with Crippen molar-refractivity contribution in [1.82, 2.24) is 4.57 Å². The molecule has 0 aliphatic rings. The predicted octanol–water partition coefficient (Wildman–Crippen LogP) is 3.42. The molecule has 0 saturated heterocycles. The third-order valence-electron chi connectivity index (χ3n) is 2.87. The van der Waals surface area contributed by atoms with Crippen molar-refractivity contribution in [2.24, 2.45) is 7.05 Å². The van der Waals surface area contributed by atoms with Crippen molar-refractivity contribution in [2.45, 2.75) is 6.92 Å². The SMILES string of the molecule is Cc1c(C(=S)SCC#N)c2ccccc2n1C. The molecule has 1 aromatic heterocycles. The number of fused-ring (bicyclic) bond motifs is 1. The summed E-state index contributed by atoms with van der Waals surface area (Å²) < 4.78 is 2.95. The first kappa shape index (κ1) is 12.2. The highest BCUT2D eigenvalue weighted by Gasteiger charge is 2.15. The summed E-state index contributed by atoms with van der Waals surface area (Å²) in [6, 6.07) is 10.3. The smallest absolute Gasteiger partial charge is 0.0863 e. The second-order valence-corrected chi connectivity index (χ2v) is 5.42. The number of para-hydroxylation sites is 1. The Labute approximate surface area is 110 Å². The molecule has 2 nitrogen and oxygen atoms in total. The summed E-state index contributed by atoms with van der Waals surface area (Å²) in [6.45, 7) is 2.06. The molecule has 86 valence electrons. The molecule has 0 N–H and O–H groups in total. The largest absolute Gasteiger partial charge is 0.347 e. The van der Waals surface area contributed by atoms with Gasteiger partial charge in [-0.1, -0.05) is 42.2 Å². The standard InChI is InChI=1S/C13H12N2S2/c1-9-12(13(16)17-8-7-14)10-5-3-4-6-11(10)15(9)2/h3-6H,8H2,1-2H3. The van der Waals surface area contributed by atoms with E-state index in [0.717, 1.165) is 15.5 Å². The van der Waals surface area contributed by atoms with Crippen molar-refractivity contribution in [2.75, 3.05) is 5.75 Å². The summed E-state index contributed by atoms with van der Waals surface area (Å²) in [7, 11) is 2.04. The normalized spacial score (nSPS) is 10.4. The van der Waals surface area contributed by atoms with E-state index in [1.165, 1.54) is 22.7 Å². The molecule has 4 heteroatoms. The van der Waals surface area contributed by atoms with Crippen molar-refractivity contribution >= 4 is 39.1 Å². The van der Waals surface area contributed by atoms with Crippen LogP contribution < -0.4 is 0 Å². The number of aromatic nitrogens is 1. The molecule has 0 bridgehead atoms. The van der Waals surface area contributed by atoms with Crippen molar-refractivity contribution in [1.29, 1.82) is 5.26 Å². The monoisotopic (exact) mass is 260 g/mol. The van der Waals surface area contributed by atoms with Crippen molar-refractivity contribution in [3.63, 3.8) is 0 Å². The highest BCUT2D eigenvalue weighted by molar-refractivity contribution is 8.23. The van der Waals surface area contributed by atoms with Gasteiger partial charge in [-0.25, -0.2) is 0 Å². The summed E-state index contributed by atoms with van der Waals surface area (Å²) in [5, 5.41) is 9.78. The fourth-order valence-electron chi connectivity index (χ4n) is 1.95. The Balaban J connectivity index is 2.58. The average molecular weight is 260 g/mol. The lowest BCUT2D eigenvalue weighted by atomic mass is 10.1. The van der Waals surface area contributed by atoms with Crippen LogP contribution in [-0.2, 0) is 7.05 Å². The number of hydrogen-bond donors (Lipinski definition) is 0. The summed E-state index contributed by atoms with van der Waals surface area (Å²) in [5.41, 5.74) is 3.43. The van der Waals surface area contributed by atoms with Crippen LogP contribution in [0.15, 0.2) is 24.3 Å². The fraction of sp³-hybridized carbons (Fsp3) is 0.231. The summed E-state index contributed by atoms with van der Waals surface area (Å²) in [6.07, 6.45) is 0. The third kappa shape index (κ3) is 2.08. The minimum absolute atomic E-state index is 0.404. The number of rotatable bonds is 2. The van der Waals surface area contributed by atoms with Gasteiger partial charge in [0.15, 0.2) is 0 Å². The maximum absolute atomic E-state index is 8.61. The first-order valence-corrected chi connectivity index (χ1v) is 6.64. The van der Waals surface area contributed by atoms with Gasteiger partial charge in [-0.2, -0.15) is 5.26 Å². The molecule has 0 saturated carbocycles. The van der Waals surface area contributed by atoms with E-state index in [0.29, 0.717) is 5.75 Å². The zero-order valence-corrected chi connectivity index (χ0v) is 11.4. The second kappa shape index (κ2) is 4.91. The molecule has 0 atom stereocenters. The predicted molar refractivity (Wildman–Crippen MR) is 77.4 cm³/mol. The number of thiocarbonyl (C=S) groups is 1. The van der Waals surface area contributed by atoms with Gasteiger partial charge in [0.2, 0.25) is 0 Å². The zero-order chi connectivity index (χ0) is 12.4. The van der Waals surface area contributed by atoms with E-state index in [1.54, 1.807) is 0 Å². The van der Waals surface area contributed by atoms with Crippen molar-refractivity contribution in [3.05, 3.63) is 35.5 Å². The Morgan fingerprint density at radius 2 is 2.18 bits per heavy atom. The fourth-order valence-corrected chi connectivity index (χ4v) is 2.98. The number of benzene rings is 1. The van der Waals surface area contributed by atoms with Gasteiger partial charge >= 0.3 is 0 Å². The summed E-state index contributed by atoms with van der Waals surface area (Å²) in [4.78, 5) is 0. The summed E-state index contributed by atoms with van der Waals surface area (Å²) >= 11 is 6.84. The Hall–Kier alpha value is -1.31. The maximum atomic E-state index is 8.61. The molecule has 0 fully saturated rings. The third-order valence-corrected chi connectivity index (χ3v) is 4.17. The highest BCUT2D eigenvalue weighted by Crippen LogP contribution is 2.28. The topological polar surface area (TPSA) is 28.7 Å². The molecule has 17 heavy (non-hydrogen) atoms. The Bertz CT molecular complexity index is 620. The van der Waals surface area contributed by atoms with E-state index in [-0.39, 0.29) is 0 Å². The number of nitriles is 1. The number of aryl methyl sites for hydroxylation is 1. The van der Waals surface area contributed by atoms with Gasteiger partial charge in [-0.05, 0) is 13.0 Å². The van der Waals surface area contributed by atoms with Crippen LogP contribution in [0, 0.1) is 18.3 Å². The Morgan fingerprint density at radius 1 is 1.47 bits per heavy atom. The quantitative estimate of drug-likeness (QED) is 0.775. The van der Waals surface area contributed by atoms with Crippen LogP contribution in [0.3, 0.4) is 0 Å². The molecule has 0 aliphatic carbocycles. The minimum Gasteiger partial charge on any atom is -0.347 e. The molecule has 0 amide bonds. The highest BCUT2D eigenvalue weighted by atomic mass is 32.2. The molecule has 0 unspecified atom stereocenters. The van der Waals surface area contributed by atoms with Gasteiger partial charge in [0, 0.05) is 29.2 Å². The lowest BCUT2D eigenvalue weighted by Gasteiger charge is -2.02. The van der Waals surface area contributed by atoms with Crippen molar-refractivity contribution < 1.29 is 0 Å². The molecule has 1 aromatic carbocycles. The zero-order valence-electron chi connectivity index (χ0n) is 9.73. The molecular weight excluding hydrogens is 248 g/mol. The van der Waals surface area contributed by atoms with Gasteiger partial charge in [-0.15, -0.1) is 0 Å². The number of hydrogen-bond acceptors (Lipinski definition) is 3. The molecule has 1 heterocycles.